The summed E-state index contributed by atoms with van der Waals surface area (Å²) in [7, 11) is 0. The number of aromatic amines is 1. The second kappa shape index (κ2) is 4.69. The highest BCUT2D eigenvalue weighted by molar-refractivity contribution is 5.98. The zero-order chi connectivity index (χ0) is 12.3. The number of carbonyl (C=O) groups is 1. The molecule has 0 saturated carbocycles. The molecule has 0 spiro atoms. The number of aromatic nitrogens is 2. The van der Waals surface area contributed by atoms with Crippen molar-refractivity contribution < 1.29 is 4.79 Å². The summed E-state index contributed by atoms with van der Waals surface area (Å²) in [6.45, 7) is 1.92. The van der Waals surface area contributed by atoms with Gasteiger partial charge in [-0.2, -0.15) is 5.10 Å². The van der Waals surface area contributed by atoms with E-state index < -0.39 is 0 Å². The maximum absolute atomic E-state index is 11.9. The minimum absolute atomic E-state index is 0.0713. The third kappa shape index (κ3) is 2.44. The maximum Gasteiger partial charge on any atom is 0.257 e. The number of amides is 1. The van der Waals surface area contributed by atoms with E-state index in [0.29, 0.717) is 5.56 Å². The van der Waals surface area contributed by atoms with Crippen molar-refractivity contribution in [1.29, 1.82) is 0 Å². The quantitative estimate of drug-likeness (QED) is 0.746. The van der Waals surface area contributed by atoms with Crippen LogP contribution in [0.15, 0.2) is 36.5 Å². The van der Waals surface area contributed by atoms with Gasteiger partial charge >= 0.3 is 0 Å². The molecule has 5 heteroatoms. The van der Waals surface area contributed by atoms with Gasteiger partial charge in [-0.25, -0.2) is 0 Å². The Balaban J connectivity index is 2.08. The summed E-state index contributed by atoms with van der Waals surface area (Å²) < 4.78 is 0. The molecule has 2 aromatic rings. The molecule has 5 nitrogen and oxygen atoms in total. The summed E-state index contributed by atoms with van der Waals surface area (Å²) in [4.78, 5) is 11.9. The molecule has 0 saturated heterocycles. The van der Waals surface area contributed by atoms with Crippen LogP contribution in [0.1, 0.15) is 28.9 Å². The molecule has 2 rings (SSSR count). The zero-order valence-corrected chi connectivity index (χ0v) is 9.47. The van der Waals surface area contributed by atoms with Gasteiger partial charge < -0.3 is 11.1 Å². The molecule has 0 radical (unpaired) electrons. The third-order valence-electron chi connectivity index (χ3n) is 2.56. The van der Waals surface area contributed by atoms with Gasteiger partial charge in [0.2, 0.25) is 0 Å². The Kier molecular flexibility index (Phi) is 3.09. The molecule has 0 fully saturated rings. The average Bonchev–Trinajstić information content (AvgIpc) is 2.76. The van der Waals surface area contributed by atoms with Crippen LogP contribution in [0.2, 0.25) is 0 Å². The van der Waals surface area contributed by atoms with E-state index in [1.165, 1.54) is 6.20 Å². The molecule has 1 amide bonds. The normalized spacial score (nSPS) is 12.1. The van der Waals surface area contributed by atoms with Crippen LogP contribution in [0.4, 0.5) is 5.82 Å². The molecule has 0 bridgehead atoms. The van der Waals surface area contributed by atoms with Crippen molar-refractivity contribution in [3.63, 3.8) is 0 Å². The van der Waals surface area contributed by atoms with Crippen LogP contribution in [0.25, 0.3) is 0 Å². The van der Waals surface area contributed by atoms with Crippen molar-refractivity contribution in [2.75, 3.05) is 5.73 Å². The van der Waals surface area contributed by atoms with E-state index in [1.807, 2.05) is 37.3 Å². The first-order valence-corrected chi connectivity index (χ1v) is 5.33. The first-order chi connectivity index (χ1) is 8.18. The number of nitrogens with two attached hydrogens (primary N) is 1. The van der Waals surface area contributed by atoms with E-state index in [0.717, 1.165) is 5.56 Å². The van der Waals surface area contributed by atoms with Crippen molar-refractivity contribution in [2.24, 2.45) is 0 Å². The Morgan fingerprint density at radius 1 is 1.41 bits per heavy atom. The summed E-state index contributed by atoms with van der Waals surface area (Å²) in [5.41, 5.74) is 6.99. The largest absolute Gasteiger partial charge is 0.383 e. The predicted molar refractivity (Wildman–Crippen MR) is 65.3 cm³/mol. The smallest absolute Gasteiger partial charge is 0.257 e. The number of H-pyrrole nitrogens is 1. The summed E-state index contributed by atoms with van der Waals surface area (Å²) >= 11 is 0. The lowest BCUT2D eigenvalue weighted by molar-refractivity contribution is 0.0941. The predicted octanol–water partition coefficient (Wildman–Crippen LogP) is 1.48. The van der Waals surface area contributed by atoms with Crippen LogP contribution >= 0.6 is 0 Å². The lowest BCUT2D eigenvalue weighted by Crippen LogP contribution is -2.26. The van der Waals surface area contributed by atoms with Gasteiger partial charge in [-0.1, -0.05) is 30.3 Å². The molecule has 0 aliphatic rings. The topological polar surface area (TPSA) is 83.8 Å². The van der Waals surface area contributed by atoms with Crippen LogP contribution < -0.4 is 11.1 Å². The maximum atomic E-state index is 11.9. The van der Waals surface area contributed by atoms with Gasteiger partial charge in [-0.15, -0.1) is 0 Å². The number of nitrogens with one attached hydrogen (secondary N) is 2. The molecule has 0 aliphatic carbocycles. The molecular weight excluding hydrogens is 216 g/mol. The molecule has 1 heterocycles. The average molecular weight is 230 g/mol. The fourth-order valence-electron chi connectivity index (χ4n) is 1.58. The number of anilines is 1. The SMILES string of the molecule is CC(NC(=O)c1cn[nH]c1N)c1ccccc1. The molecule has 1 atom stereocenters. The highest BCUT2D eigenvalue weighted by atomic mass is 16.1. The van der Waals surface area contributed by atoms with Gasteiger partial charge in [0.15, 0.2) is 0 Å². The van der Waals surface area contributed by atoms with Crippen molar-refractivity contribution >= 4 is 11.7 Å². The summed E-state index contributed by atoms with van der Waals surface area (Å²) in [6.07, 6.45) is 1.42. The highest BCUT2D eigenvalue weighted by Gasteiger charge is 2.14. The second-order valence-corrected chi connectivity index (χ2v) is 3.80. The number of rotatable bonds is 3. The highest BCUT2D eigenvalue weighted by Crippen LogP contribution is 2.13. The lowest BCUT2D eigenvalue weighted by Gasteiger charge is -2.13. The zero-order valence-electron chi connectivity index (χ0n) is 9.47. The van der Waals surface area contributed by atoms with E-state index >= 15 is 0 Å². The first kappa shape index (κ1) is 11.2. The van der Waals surface area contributed by atoms with Crippen molar-refractivity contribution in [1.82, 2.24) is 15.5 Å². The van der Waals surface area contributed by atoms with Crippen molar-refractivity contribution in [3.05, 3.63) is 47.7 Å². The lowest BCUT2D eigenvalue weighted by atomic mass is 10.1. The number of nitrogens with zero attached hydrogens (tertiary/aromatic N) is 1. The Labute approximate surface area is 99.0 Å². The van der Waals surface area contributed by atoms with E-state index in [-0.39, 0.29) is 17.8 Å². The standard InChI is InChI=1S/C12H14N4O/c1-8(9-5-3-2-4-6-9)15-12(17)10-7-14-16-11(10)13/h2-8H,1H3,(H,15,17)(H3,13,14,16). The van der Waals surface area contributed by atoms with Gasteiger partial charge in [0.05, 0.1) is 12.2 Å². The number of carbonyl (C=O) groups excluding carboxylic acids is 1. The number of nitrogen functional groups attached to an aromatic ring is 1. The number of hydrogen-bond donors (Lipinski definition) is 3. The molecule has 17 heavy (non-hydrogen) atoms. The molecule has 1 aromatic carbocycles. The monoisotopic (exact) mass is 230 g/mol. The van der Waals surface area contributed by atoms with Crippen molar-refractivity contribution in [2.45, 2.75) is 13.0 Å². The Morgan fingerprint density at radius 3 is 2.71 bits per heavy atom. The molecule has 0 aliphatic heterocycles. The van der Waals surface area contributed by atoms with Crippen LogP contribution in [0.3, 0.4) is 0 Å². The molecule has 1 unspecified atom stereocenters. The Morgan fingerprint density at radius 2 is 2.12 bits per heavy atom. The molecule has 4 N–H and O–H groups in total. The summed E-state index contributed by atoms with van der Waals surface area (Å²) in [5, 5.41) is 9.10. The van der Waals surface area contributed by atoms with E-state index in [1.54, 1.807) is 0 Å². The Bertz CT molecular complexity index is 506. The summed E-state index contributed by atoms with van der Waals surface area (Å²) in [5.74, 6) is 0.0513. The number of hydrogen-bond acceptors (Lipinski definition) is 3. The van der Waals surface area contributed by atoms with E-state index in [9.17, 15) is 4.79 Å². The van der Waals surface area contributed by atoms with Crippen LogP contribution in [0, 0.1) is 0 Å². The minimum Gasteiger partial charge on any atom is -0.383 e. The van der Waals surface area contributed by atoms with Crippen LogP contribution in [-0.2, 0) is 0 Å². The Hall–Kier alpha value is -2.30. The summed E-state index contributed by atoms with van der Waals surface area (Å²) in [6, 6.07) is 9.66. The molecule has 88 valence electrons. The fraction of sp³-hybridized carbons (Fsp3) is 0.167. The minimum atomic E-state index is -0.229. The van der Waals surface area contributed by atoms with Gasteiger partial charge in [0.25, 0.3) is 5.91 Å². The molecule has 1 aromatic heterocycles. The first-order valence-electron chi connectivity index (χ1n) is 5.33. The second-order valence-electron chi connectivity index (χ2n) is 3.80. The number of benzene rings is 1. The van der Waals surface area contributed by atoms with Crippen LogP contribution in [0.5, 0.6) is 0 Å². The van der Waals surface area contributed by atoms with Gasteiger partial charge in [0, 0.05) is 0 Å². The van der Waals surface area contributed by atoms with Crippen molar-refractivity contribution in [3.8, 4) is 0 Å². The van der Waals surface area contributed by atoms with Gasteiger partial charge in [-0.05, 0) is 12.5 Å². The third-order valence-corrected chi connectivity index (χ3v) is 2.56. The van der Waals surface area contributed by atoms with Crippen LogP contribution in [-0.4, -0.2) is 16.1 Å². The van der Waals surface area contributed by atoms with E-state index in [2.05, 4.69) is 15.5 Å². The van der Waals surface area contributed by atoms with E-state index in [4.69, 9.17) is 5.73 Å². The van der Waals surface area contributed by atoms with Gasteiger partial charge in [0.1, 0.15) is 11.4 Å². The van der Waals surface area contributed by atoms with Gasteiger partial charge in [-0.3, -0.25) is 9.89 Å². The fourth-order valence-corrected chi connectivity index (χ4v) is 1.58. The molecular formula is C12H14N4O.